The first-order valence-electron chi connectivity index (χ1n) is 14.2. The summed E-state index contributed by atoms with van der Waals surface area (Å²) >= 11 is 0. The molecule has 0 bridgehead atoms. The monoisotopic (exact) mass is 533 g/mol. The van der Waals surface area contributed by atoms with Crippen LogP contribution in [0, 0.1) is 5.92 Å². The standard InChI is InChI=1S/C32H39NO6/c1-36-25-9-8-21-19-33(14-12-32-11-10-23(34)17-28(32)39-31(25)29(21)32)13-6-4-5-7-20-15-22-16-26(37-2)27(38-3)18-24(22)30(20)35/h8-11,16,18,20,23,28,34H,4-7,12-15,17,19H2,1-3H3/t20?,23?,28-,32?/m1/s1. The molecule has 7 heteroatoms. The number of rotatable bonds is 9. The molecule has 39 heavy (non-hydrogen) atoms. The zero-order valence-electron chi connectivity index (χ0n) is 23.2. The van der Waals surface area contributed by atoms with Gasteiger partial charge in [-0.2, -0.15) is 0 Å². The highest BCUT2D eigenvalue weighted by Gasteiger charge is 2.52. The Bertz CT molecular complexity index is 1290. The summed E-state index contributed by atoms with van der Waals surface area (Å²) < 4.78 is 22.9. The van der Waals surface area contributed by atoms with Crippen LogP contribution in [-0.2, 0) is 18.4 Å². The Morgan fingerprint density at radius 2 is 1.82 bits per heavy atom. The van der Waals surface area contributed by atoms with E-state index in [-0.39, 0.29) is 23.2 Å². The molecule has 0 radical (unpaired) electrons. The lowest BCUT2D eigenvalue weighted by Gasteiger charge is -2.35. The topological polar surface area (TPSA) is 77.5 Å². The first kappa shape index (κ1) is 26.2. The minimum atomic E-state index is -0.465. The molecule has 2 aliphatic carbocycles. The zero-order valence-corrected chi connectivity index (χ0v) is 23.2. The average Bonchev–Trinajstić information content (AvgIpc) is 3.38. The van der Waals surface area contributed by atoms with Gasteiger partial charge in [-0.3, -0.25) is 9.69 Å². The Morgan fingerprint density at radius 3 is 2.62 bits per heavy atom. The van der Waals surface area contributed by atoms with Crippen LogP contribution < -0.4 is 18.9 Å². The third-order valence-corrected chi connectivity index (χ3v) is 9.27. The Hall–Kier alpha value is -3.03. The van der Waals surface area contributed by atoms with Crippen molar-refractivity contribution in [2.45, 2.75) is 69.1 Å². The second-order valence-corrected chi connectivity index (χ2v) is 11.4. The van der Waals surface area contributed by atoms with E-state index in [1.54, 1.807) is 21.3 Å². The van der Waals surface area contributed by atoms with Crippen molar-refractivity contribution >= 4 is 5.78 Å². The number of aliphatic hydroxyl groups is 1. The van der Waals surface area contributed by atoms with E-state index in [9.17, 15) is 9.90 Å². The van der Waals surface area contributed by atoms with Crippen LogP contribution in [0.3, 0.4) is 0 Å². The number of nitrogens with zero attached hydrogens (tertiary/aromatic N) is 1. The van der Waals surface area contributed by atoms with Crippen molar-refractivity contribution in [1.82, 2.24) is 4.90 Å². The largest absolute Gasteiger partial charge is 0.493 e. The number of carbonyl (C=O) groups is 1. The predicted molar refractivity (Wildman–Crippen MR) is 148 cm³/mol. The van der Waals surface area contributed by atoms with Gasteiger partial charge in [0.25, 0.3) is 0 Å². The third kappa shape index (κ3) is 4.49. The predicted octanol–water partition coefficient (Wildman–Crippen LogP) is 4.85. The van der Waals surface area contributed by atoms with Gasteiger partial charge in [-0.15, -0.1) is 0 Å². The molecule has 1 spiro atoms. The number of unbranched alkanes of at least 4 members (excludes halogenated alkanes) is 2. The highest BCUT2D eigenvalue weighted by atomic mass is 16.5. The van der Waals surface area contributed by atoms with E-state index in [2.05, 4.69) is 17.0 Å². The highest BCUT2D eigenvalue weighted by Crippen LogP contribution is 2.55. The summed E-state index contributed by atoms with van der Waals surface area (Å²) in [6.07, 6.45) is 10.2. The van der Waals surface area contributed by atoms with Crippen molar-refractivity contribution in [2.24, 2.45) is 5.92 Å². The molecule has 208 valence electrons. The molecule has 6 rings (SSSR count). The highest BCUT2D eigenvalue weighted by molar-refractivity contribution is 6.02. The van der Waals surface area contributed by atoms with E-state index in [1.165, 1.54) is 11.1 Å². The summed E-state index contributed by atoms with van der Waals surface area (Å²) in [6, 6.07) is 8.01. The number of hydrogen-bond donors (Lipinski definition) is 1. The van der Waals surface area contributed by atoms with Gasteiger partial charge in [0.05, 0.1) is 32.8 Å². The van der Waals surface area contributed by atoms with E-state index < -0.39 is 6.10 Å². The molecule has 0 saturated carbocycles. The molecular formula is C32H39NO6. The SMILES string of the molecule is COc1cc2c(cc1OC)C(=O)C(CCCCCN1CCC34C=CC(O)C[C@H]3Oc3c(OC)ccc(c34)C1)C2. The van der Waals surface area contributed by atoms with E-state index in [0.29, 0.717) is 17.9 Å². The lowest BCUT2D eigenvalue weighted by Crippen LogP contribution is -2.43. The summed E-state index contributed by atoms with van der Waals surface area (Å²) in [4.78, 5) is 15.6. The normalized spacial score (nSPS) is 26.9. The minimum Gasteiger partial charge on any atom is -0.493 e. The number of fused-ring (bicyclic) bond motifs is 1. The van der Waals surface area contributed by atoms with Gasteiger partial charge in [-0.25, -0.2) is 0 Å². The number of ketones is 1. The second-order valence-electron chi connectivity index (χ2n) is 11.4. The quantitative estimate of drug-likeness (QED) is 0.365. The third-order valence-electron chi connectivity index (χ3n) is 9.27. The Morgan fingerprint density at radius 1 is 1.03 bits per heavy atom. The van der Waals surface area contributed by atoms with E-state index in [0.717, 1.165) is 80.8 Å². The zero-order chi connectivity index (χ0) is 27.1. The molecule has 1 N–H and O–H groups in total. The van der Waals surface area contributed by atoms with E-state index in [1.807, 2.05) is 24.3 Å². The van der Waals surface area contributed by atoms with Crippen molar-refractivity contribution < 1.29 is 28.8 Å². The molecular weight excluding hydrogens is 494 g/mol. The molecule has 4 aliphatic rings. The molecule has 3 unspecified atom stereocenters. The van der Waals surface area contributed by atoms with Gasteiger partial charge in [-0.05, 0) is 68.1 Å². The molecule has 0 saturated heterocycles. The van der Waals surface area contributed by atoms with Crippen molar-refractivity contribution in [2.75, 3.05) is 34.4 Å². The van der Waals surface area contributed by atoms with Crippen LogP contribution in [0.4, 0.5) is 0 Å². The van der Waals surface area contributed by atoms with Crippen LogP contribution in [0.5, 0.6) is 23.0 Å². The van der Waals surface area contributed by atoms with Crippen molar-refractivity contribution in [3.63, 3.8) is 0 Å². The maximum absolute atomic E-state index is 13.0. The average molecular weight is 534 g/mol. The number of carbonyl (C=O) groups excluding carboxylic acids is 1. The maximum Gasteiger partial charge on any atom is 0.166 e. The van der Waals surface area contributed by atoms with Gasteiger partial charge in [0.15, 0.2) is 28.8 Å². The number of hydrogen-bond acceptors (Lipinski definition) is 7. The van der Waals surface area contributed by atoms with Crippen LogP contribution >= 0.6 is 0 Å². The van der Waals surface area contributed by atoms with Gasteiger partial charge < -0.3 is 24.1 Å². The van der Waals surface area contributed by atoms with Crippen LogP contribution in [0.2, 0.25) is 0 Å². The van der Waals surface area contributed by atoms with Gasteiger partial charge in [0.1, 0.15) is 6.10 Å². The fourth-order valence-electron chi connectivity index (χ4n) is 7.22. The smallest absolute Gasteiger partial charge is 0.166 e. The number of methoxy groups -OCH3 is 3. The summed E-state index contributed by atoms with van der Waals surface area (Å²) in [5.41, 5.74) is 4.22. The summed E-state index contributed by atoms with van der Waals surface area (Å²) in [7, 11) is 4.93. The summed E-state index contributed by atoms with van der Waals surface area (Å²) in [5.74, 6) is 3.24. The number of ether oxygens (including phenoxy) is 4. The summed E-state index contributed by atoms with van der Waals surface area (Å²) in [6.45, 7) is 2.90. The molecule has 2 aliphatic heterocycles. The molecule has 2 aromatic carbocycles. The van der Waals surface area contributed by atoms with Crippen LogP contribution in [0.1, 0.15) is 65.6 Å². The lowest BCUT2D eigenvalue weighted by atomic mass is 9.69. The Kier molecular flexibility index (Phi) is 7.06. The van der Waals surface area contributed by atoms with Crippen molar-refractivity contribution in [1.29, 1.82) is 0 Å². The maximum atomic E-state index is 13.0. The van der Waals surface area contributed by atoms with E-state index >= 15 is 0 Å². The number of benzene rings is 2. The Labute approximate surface area is 230 Å². The molecule has 2 aromatic rings. The summed E-state index contributed by atoms with van der Waals surface area (Å²) in [5, 5.41) is 10.3. The van der Waals surface area contributed by atoms with Crippen molar-refractivity contribution in [3.8, 4) is 23.0 Å². The molecule has 7 nitrogen and oxygen atoms in total. The van der Waals surface area contributed by atoms with Gasteiger partial charge in [0, 0.05) is 30.0 Å². The van der Waals surface area contributed by atoms with Crippen LogP contribution in [0.25, 0.3) is 0 Å². The fourth-order valence-corrected chi connectivity index (χ4v) is 7.22. The van der Waals surface area contributed by atoms with Crippen molar-refractivity contribution in [3.05, 3.63) is 58.7 Å². The first-order chi connectivity index (χ1) is 19.0. The molecule has 0 aromatic heterocycles. The van der Waals surface area contributed by atoms with E-state index in [4.69, 9.17) is 18.9 Å². The van der Waals surface area contributed by atoms with Crippen LogP contribution in [0.15, 0.2) is 36.4 Å². The Balaban J connectivity index is 1.06. The molecule has 4 atom stereocenters. The van der Waals surface area contributed by atoms with Gasteiger partial charge in [-0.1, -0.05) is 31.1 Å². The number of aliphatic hydroxyl groups excluding tert-OH is 1. The minimum absolute atomic E-state index is 0.0540. The first-order valence-corrected chi connectivity index (χ1v) is 14.2. The molecule has 2 heterocycles. The lowest BCUT2D eigenvalue weighted by molar-refractivity contribution is 0.0808. The van der Waals surface area contributed by atoms with Gasteiger partial charge >= 0.3 is 0 Å². The van der Waals surface area contributed by atoms with Crippen LogP contribution in [-0.4, -0.2) is 62.4 Å². The van der Waals surface area contributed by atoms with Gasteiger partial charge in [0.2, 0.25) is 0 Å². The molecule has 0 amide bonds. The second kappa shape index (κ2) is 10.5. The number of Topliss-reactive ketones (excluding diaryl/α,β-unsaturated/α-hetero) is 1. The molecule has 0 fully saturated rings. The fraction of sp³-hybridized carbons (Fsp3) is 0.531.